The van der Waals surface area contributed by atoms with Gasteiger partial charge < -0.3 is 15.4 Å². The Kier molecular flexibility index (Phi) is 5.81. The SMILES string of the molecule is COc1ccc(Nc2cc(NCc3ccccc3Cl)nc(C)n2)cc1Cl. The van der Waals surface area contributed by atoms with Crippen molar-refractivity contribution >= 4 is 40.5 Å². The molecule has 0 aliphatic rings. The average molecular weight is 389 g/mol. The molecule has 0 unspecified atom stereocenters. The van der Waals surface area contributed by atoms with E-state index in [9.17, 15) is 0 Å². The molecule has 0 aliphatic carbocycles. The molecule has 0 amide bonds. The van der Waals surface area contributed by atoms with Crippen molar-refractivity contribution in [3.8, 4) is 5.75 Å². The smallest absolute Gasteiger partial charge is 0.137 e. The van der Waals surface area contributed by atoms with Gasteiger partial charge in [-0.1, -0.05) is 41.4 Å². The quantitative estimate of drug-likeness (QED) is 0.587. The highest BCUT2D eigenvalue weighted by Crippen LogP contribution is 2.29. The zero-order valence-electron chi connectivity index (χ0n) is 14.4. The number of aryl methyl sites for hydroxylation is 1. The van der Waals surface area contributed by atoms with Gasteiger partial charge in [0.05, 0.1) is 12.1 Å². The van der Waals surface area contributed by atoms with E-state index < -0.39 is 0 Å². The number of benzene rings is 2. The van der Waals surface area contributed by atoms with Crippen molar-refractivity contribution in [2.24, 2.45) is 0 Å². The lowest BCUT2D eigenvalue weighted by Crippen LogP contribution is -2.05. The fourth-order valence-electron chi connectivity index (χ4n) is 2.44. The molecule has 0 radical (unpaired) electrons. The Labute approximate surface area is 162 Å². The highest BCUT2D eigenvalue weighted by atomic mass is 35.5. The molecule has 0 aliphatic heterocycles. The molecule has 0 saturated carbocycles. The van der Waals surface area contributed by atoms with Crippen molar-refractivity contribution in [2.75, 3.05) is 17.7 Å². The van der Waals surface area contributed by atoms with E-state index >= 15 is 0 Å². The summed E-state index contributed by atoms with van der Waals surface area (Å²) in [5, 5.41) is 7.75. The summed E-state index contributed by atoms with van der Waals surface area (Å²) in [6, 6.07) is 15.0. The molecular formula is C19H18Cl2N4O. The van der Waals surface area contributed by atoms with Gasteiger partial charge >= 0.3 is 0 Å². The van der Waals surface area contributed by atoms with Crippen LogP contribution in [-0.4, -0.2) is 17.1 Å². The number of hydrogen-bond acceptors (Lipinski definition) is 5. The molecule has 0 saturated heterocycles. The monoisotopic (exact) mass is 388 g/mol. The van der Waals surface area contributed by atoms with Gasteiger partial charge in [-0.25, -0.2) is 9.97 Å². The van der Waals surface area contributed by atoms with Crippen LogP contribution in [0.25, 0.3) is 0 Å². The van der Waals surface area contributed by atoms with Crippen LogP contribution in [0.4, 0.5) is 17.3 Å². The van der Waals surface area contributed by atoms with Crippen molar-refractivity contribution in [1.82, 2.24) is 9.97 Å². The number of anilines is 3. The lowest BCUT2D eigenvalue weighted by Gasteiger charge is -2.12. The largest absolute Gasteiger partial charge is 0.495 e. The Hall–Kier alpha value is -2.50. The van der Waals surface area contributed by atoms with E-state index in [-0.39, 0.29) is 0 Å². The second-order valence-electron chi connectivity index (χ2n) is 5.60. The molecule has 1 heterocycles. The lowest BCUT2D eigenvalue weighted by molar-refractivity contribution is 0.415. The van der Waals surface area contributed by atoms with Crippen LogP contribution in [0.2, 0.25) is 10.0 Å². The Morgan fingerprint density at radius 3 is 2.46 bits per heavy atom. The van der Waals surface area contributed by atoms with Crippen molar-refractivity contribution in [2.45, 2.75) is 13.5 Å². The second kappa shape index (κ2) is 8.25. The predicted molar refractivity (Wildman–Crippen MR) is 107 cm³/mol. The summed E-state index contributed by atoms with van der Waals surface area (Å²) in [5.41, 5.74) is 1.81. The first-order chi connectivity index (χ1) is 12.5. The topological polar surface area (TPSA) is 59.1 Å². The van der Waals surface area contributed by atoms with E-state index in [2.05, 4.69) is 20.6 Å². The van der Waals surface area contributed by atoms with Gasteiger partial charge in [0.2, 0.25) is 0 Å². The van der Waals surface area contributed by atoms with Crippen LogP contribution in [0.1, 0.15) is 11.4 Å². The number of hydrogen-bond donors (Lipinski definition) is 2. The van der Waals surface area contributed by atoms with E-state index in [4.69, 9.17) is 27.9 Å². The number of rotatable bonds is 6. The molecule has 1 aromatic heterocycles. The lowest BCUT2D eigenvalue weighted by atomic mass is 10.2. The van der Waals surface area contributed by atoms with Crippen molar-refractivity contribution in [3.05, 3.63) is 70.0 Å². The first-order valence-electron chi connectivity index (χ1n) is 7.98. The molecule has 5 nitrogen and oxygen atoms in total. The van der Waals surface area contributed by atoms with E-state index in [1.54, 1.807) is 19.2 Å². The highest BCUT2D eigenvalue weighted by Gasteiger charge is 2.06. The minimum absolute atomic E-state index is 0.528. The third-order valence-corrected chi connectivity index (χ3v) is 4.34. The van der Waals surface area contributed by atoms with Gasteiger partial charge in [0.15, 0.2) is 0 Å². The van der Waals surface area contributed by atoms with Crippen molar-refractivity contribution in [3.63, 3.8) is 0 Å². The molecule has 0 bridgehead atoms. The highest BCUT2D eigenvalue weighted by molar-refractivity contribution is 6.32. The van der Waals surface area contributed by atoms with E-state index in [1.165, 1.54) is 0 Å². The van der Waals surface area contributed by atoms with Gasteiger partial charge in [-0.05, 0) is 36.8 Å². The molecule has 0 spiro atoms. The number of methoxy groups -OCH3 is 1. The summed E-state index contributed by atoms with van der Waals surface area (Å²) in [5.74, 6) is 2.65. The Balaban J connectivity index is 1.75. The van der Waals surface area contributed by atoms with E-state index in [1.807, 2.05) is 43.3 Å². The molecule has 7 heteroatoms. The summed E-state index contributed by atoms with van der Waals surface area (Å²) in [4.78, 5) is 8.83. The average Bonchev–Trinajstić information content (AvgIpc) is 2.61. The third kappa shape index (κ3) is 4.56. The predicted octanol–water partition coefficient (Wildman–Crippen LogP) is 5.46. The number of nitrogens with one attached hydrogen (secondary N) is 2. The van der Waals surface area contributed by atoms with Crippen LogP contribution in [0.5, 0.6) is 5.75 Å². The van der Waals surface area contributed by atoms with E-state index in [0.717, 1.165) is 16.3 Å². The normalized spacial score (nSPS) is 10.5. The fraction of sp³-hybridized carbons (Fsp3) is 0.158. The number of nitrogens with zero attached hydrogens (tertiary/aromatic N) is 2. The minimum atomic E-state index is 0.528. The number of aromatic nitrogens is 2. The summed E-state index contributed by atoms with van der Waals surface area (Å²) in [6.45, 7) is 2.41. The molecule has 2 N–H and O–H groups in total. The molecule has 3 aromatic rings. The van der Waals surface area contributed by atoms with Crippen LogP contribution >= 0.6 is 23.2 Å². The van der Waals surface area contributed by atoms with Gasteiger partial charge in [-0.15, -0.1) is 0 Å². The maximum atomic E-state index is 6.19. The Bertz CT molecular complexity index is 918. The summed E-state index contributed by atoms with van der Waals surface area (Å²) in [6.07, 6.45) is 0. The van der Waals surface area contributed by atoms with Crippen molar-refractivity contribution in [1.29, 1.82) is 0 Å². The van der Waals surface area contributed by atoms with Crippen LogP contribution in [-0.2, 0) is 6.54 Å². The summed E-state index contributed by atoms with van der Waals surface area (Å²) >= 11 is 12.4. The van der Waals surface area contributed by atoms with Gasteiger partial charge in [0, 0.05) is 23.3 Å². The van der Waals surface area contributed by atoms with Crippen LogP contribution < -0.4 is 15.4 Å². The maximum absolute atomic E-state index is 6.19. The molecule has 134 valence electrons. The number of ether oxygens (including phenoxy) is 1. The van der Waals surface area contributed by atoms with E-state index in [0.29, 0.717) is 34.8 Å². The summed E-state index contributed by atoms with van der Waals surface area (Å²) < 4.78 is 5.17. The third-order valence-electron chi connectivity index (χ3n) is 3.68. The molecule has 3 rings (SSSR count). The minimum Gasteiger partial charge on any atom is -0.495 e. The standard InChI is InChI=1S/C19H18Cl2N4O/c1-12-23-18(22-11-13-5-3-4-6-15(13)20)10-19(24-12)25-14-7-8-17(26-2)16(21)9-14/h3-10H,11H2,1-2H3,(H2,22,23,24,25). The number of halogens is 2. The first-order valence-corrected chi connectivity index (χ1v) is 8.74. The van der Waals surface area contributed by atoms with Crippen LogP contribution in [0, 0.1) is 6.92 Å². The van der Waals surface area contributed by atoms with Crippen LogP contribution in [0.15, 0.2) is 48.5 Å². The molecular weight excluding hydrogens is 371 g/mol. The Morgan fingerprint density at radius 1 is 0.962 bits per heavy atom. The summed E-state index contributed by atoms with van der Waals surface area (Å²) in [7, 11) is 1.58. The molecule has 26 heavy (non-hydrogen) atoms. The van der Waals surface area contributed by atoms with Gasteiger partial charge in [0.25, 0.3) is 0 Å². The van der Waals surface area contributed by atoms with Gasteiger partial charge in [-0.3, -0.25) is 0 Å². The Morgan fingerprint density at radius 2 is 1.73 bits per heavy atom. The van der Waals surface area contributed by atoms with Gasteiger partial charge in [-0.2, -0.15) is 0 Å². The zero-order valence-corrected chi connectivity index (χ0v) is 15.9. The van der Waals surface area contributed by atoms with Crippen molar-refractivity contribution < 1.29 is 4.74 Å². The molecule has 0 fully saturated rings. The second-order valence-corrected chi connectivity index (χ2v) is 6.42. The fourth-order valence-corrected chi connectivity index (χ4v) is 2.90. The zero-order chi connectivity index (χ0) is 18.5. The maximum Gasteiger partial charge on any atom is 0.137 e. The molecule has 0 atom stereocenters. The van der Waals surface area contributed by atoms with Crippen LogP contribution in [0.3, 0.4) is 0 Å². The molecule has 2 aromatic carbocycles. The van der Waals surface area contributed by atoms with Gasteiger partial charge in [0.1, 0.15) is 23.2 Å². The first kappa shape index (κ1) is 18.3.